The van der Waals surface area contributed by atoms with Crippen molar-refractivity contribution in [2.24, 2.45) is 40.4 Å². The molecule has 0 spiro atoms. The number of rotatable bonds is 6. The topological polar surface area (TPSA) is 143 Å². The Kier molecular flexibility index (Phi) is 7.52. The molecule has 5 rings (SSSR count). The van der Waals surface area contributed by atoms with Crippen LogP contribution in [-0.2, 0) is 24.0 Å². The summed E-state index contributed by atoms with van der Waals surface area (Å²) in [7, 11) is 0. The second-order valence-corrected chi connectivity index (χ2v) is 13.3. The molecule has 2 aromatic carbocycles. The van der Waals surface area contributed by atoms with Gasteiger partial charge >= 0.3 is 0 Å². The fourth-order valence-electron chi connectivity index (χ4n) is 8.81. The number of fused-ring (bicyclic) bond motifs is 3. The molecule has 0 bridgehead atoms. The van der Waals surface area contributed by atoms with Crippen molar-refractivity contribution in [1.29, 1.82) is 0 Å². The van der Waals surface area contributed by atoms with E-state index in [1.807, 2.05) is 30.3 Å². The summed E-state index contributed by atoms with van der Waals surface area (Å²) in [5, 5.41) is 23.6. The molecule has 0 aliphatic heterocycles. The number of hydrogen-bond donors (Lipinski definition) is 2. The number of ketones is 6. The number of aromatic hydroxyl groups is 1. The summed E-state index contributed by atoms with van der Waals surface area (Å²) < 4.78 is 0. The molecule has 230 valence electrons. The van der Waals surface area contributed by atoms with Gasteiger partial charge in [0.25, 0.3) is 0 Å². The second kappa shape index (κ2) is 10.5. The predicted molar refractivity (Wildman–Crippen MR) is 162 cm³/mol. The number of benzene rings is 2. The SMILES string of the molecule is CCC(=O)C[C@@H]1[C@@]2(C)/C(=C/c3ccccc3)c3cccc(O)c3C(=O)C2C(=O)[C@@]2(O)C(=O)C(C(C)=O)C(=O)C(C(C)C)[C@@]12C. The second-order valence-electron chi connectivity index (χ2n) is 13.3. The van der Waals surface area contributed by atoms with Crippen LogP contribution in [0.25, 0.3) is 11.6 Å². The normalized spacial score (nSPS) is 34.0. The average molecular weight is 599 g/mol. The maximum Gasteiger partial charge on any atom is 0.190 e. The molecule has 2 N–H and O–H groups in total. The van der Waals surface area contributed by atoms with E-state index in [1.54, 1.807) is 45.9 Å². The van der Waals surface area contributed by atoms with Gasteiger partial charge in [-0.25, -0.2) is 0 Å². The number of phenolic OH excluding ortho intramolecular Hbond substituents is 1. The highest BCUT2D eigenvalue weighted by Crippen LogP contribution is 2.70. The van der Waals surface area contributed by atoms with Gasteiger partial charge in [-0.05, 0) is 41.5 Å². The van der Waals surface area contributed by atoms with E-state index in [0.29, 0.717) is 11.1 Å². The first kappa shape index (κ1) is 31.4. The van der Waals surface area contributed by atoms with Crippen LogP contribution in [0.3, 0.4) is 0 Å². The van der Waals surface area contributed by atoms with E-state index < -0.39 is 74.9 Å². The van der Waals surface area contributed by atoms with E-state index in [9.17, 15) is 39.0 Å². The Bertz CT molecular complexity index is 1650. The predicted octanol–water partition coefficient (Wildman–Crippen LogP) is 4.69. The Hall–Kier alpha value is -4.04. The molecule has 0 aromatic heterocycles. The van der Waals surface area contributed by atoms with Gasteiger partial charge in [-0.15, -0.1) is 0 Å². The molecule has 3 aliphatic rings. The largest absolute Gasteiger partial charge is 0.507 e. The van der Waals surface area contributed by atoms with Crippen LogP contribution in [0.2, 0.25) is 0 Å². The molecule has 8 nitrogen and oxygen atoms in total. The summed E-state index contributed by atoms with van der Waals surface area (Å²) in [6.07, 6.45) is 1.67. The van der Waals surface area contributed by atoms with Gasteiger partial charge < -0.3 is 10.2 Å². The van der Waals surface area contributed by atoms with Gasteiger partial charge in [-0.1, -0.05) is 83.2 Å². The van der Waals surface area contributed by atoms with Crippen LogP contribution in [0.15, 0.2) is 48.5 Å². The minimum Gasteiger partial charge on any atom is -0.507 e. The van der Waals surface area contributed by atoms with Crippen LogP contribution < -0.4 is 0 Å². The van der Waals surface area contributed by atoms with E-state index in [1.165, 1.54) is 13.0 Å². The number of Topliss-reactive ketones (excluding diaryl/α,β-unsaturated/α-hetero) is 6. The fourth-order valence-corrected chi connectivity index (χ4v) is 8.81. The number of carbonyl (C=O) groups is 6. The summed E-state index contributed by atoms with van der Waals surface area (Å²) in [6.45, 7) is 9.38. The minimum absolute atomic E-state index is 0.104. The van der Waals surface area contributed by atoms with Crippen LogP contribution >= 0.6 is 0 Å². The molecule has 0 saturated heterocycles. The Morgan fingerprint density at radius 2 is 1.59 bits per heavy atom. The van der Waals surface area contributed by atoms with Gasteiger partial charge in [0.2, 0.25) is 0 Å². The summed E-state index contributed by atoms with van der Waals surface area (Å²) in [4.78, 5) is 83.9. The van der Waals surface area contributed by atoms with Crippen molar-refractivity contribution >= 4 is 46.3 Å². The van der Waals surface area contributed by atoms with Crippen molar-refractivity contribution in [2.75, 3.05) is 0 Å². The van der Waals surface area contributed by atoms with E-state index in [-0.39, 0.29) is 29.9 Å². The molecule has 8 heteroatoms. The molecular formula is C36H38O8. The maximum atomic E-state index is 14.9. The standard InChI is InChI=1S/C36H38O8/c1-7-21(38)17-25-34(5)23(16-20-12-9-8-10-13-20)22-14-11-15-24(39)27(22)31(41)29(34)33(43)36(44)32(42)26(19(4)37)30(40)28(18(2)3)35(25,36)6/h8-16,18,25-26,28-29,39,44H,7,17H2,1-6H3/b23-16+/t25-,26?,28?,29?,34-,35-,36+/m1/s1. The zero-order valence-electron chi connectivity index (χ0n) is 25.8. The zero-order valence-corrected chi connectivity index (χ0v) is 25.8. The van der Waals surface area contributed by atoms with Gasteiger partial charge in [0.15, 0.2) is 28.7 Å². The molecule has 2 aromatic rings. The summed E-state index contributed by atoms with van der Waals surface area (Å²) >= 11 is 0. The fraction of sp³-hybridized carbons (Fsp3) is 0.444. The quantitative estimate of drug-likeness (QED) is 0.456. The lowest BCUT2D eigenvalue weighted by molar-refractivity contribution is -0.217. The number of hydrogen-bond acceptors (Lipinski definition) is 8. The Labute approximate surface area is 256 Å². The number of carbonyl (C=O) groups excluding carboxylic acids is 6. The molecule has 2 fully saturated rings. The third kappa shape index (κ3) is 3.92. The zero-order chi connectivity index (χ0) is 32.5. The molecule has 44 heavy (non-hydrogen) atoms. The summed E-state index contributed by atoms with van der Waals surface area (Å²) in [5.74, 6) is -11.6. The van der Waals surface area contributed by atoms with Crippen LogP contribution in [-0.4, -0.2) is 50.5 Å². The van der Waals surface area contributed by atoms with Crippen molar-refractivity contribution in [1.82, 2.24) is 0 Å². The summed E-state index contributed by atoms with van der Waals surface area (Å²) in [5.41, 5.74) is -4.86. The van der Waals surface area contributed by atoms with E-state index in [0.717, 1.165) is 12.5 Å². The average Bonchev–Trinajstić information content (AvgIpc) is 2.96. The number of aliphatic hydroxyl groups is 1. The first-order chi connectivity index (χ1) is 20.6. The molecule has 0 amide bonds. The highest BCUT2D eigenvalue weighted by Gasteiger charge is 2.80. The Morgan fingerprint density at radius 3 is 2.16 bits per heavy atom. The smallest absolute Gasteiger partial charge is 0.190 e. The van der Waals surface area contributed by atoms with Gasteiger partial charge in [-0.2, -0.15) is 0 Å². The molecule has 0 radical (unpaired) electrons. The molecular weight excluding hydrogens is 560 g/mol. The molecule has 2 saturated carbocycles. The van der Waals surface area contributed by atoms with E-state index in [2.05, 4.69) is 0 Å². The van der Waals surface area contributed by atoms with Crippen molar-refractivity contribution in [2.45, 2.75) is 60.0 Å². The van der Waals surface area contributed by atoms with Crippen molar-refractivity contribution in [3.05, 3.63) is 65.2 Å². The maximum absolute atomic E-state index is 14.9. The van der Waals surface area contributed by atoms with Gasteiger partial charge in [0.1, 0.15) is 23.2 Å². The first-order valence-corrected chi connectivity index (χ1v) is 15.1. The van der Waals surface area contributed by atoms with Crippen molar-refractivity contribution in [3.63, 3.8) is 0 Å². The van der Waals surface area contributed by atoms with E-state index in [4.69, 9.17) is 0 Å². The lowest BCUT2D eigenvalue weighted by Crippen LogP contribution is -2.80. The van der Waals surface area contributed by atoms with Crippen LogP contribution in [0.4, 0.5) is 0 Å². The number of allylic oxidation sites excluding steroid dienone is 1. The highest BCUT2D eigenvalue weighted by atomic mass is 16.3. The van der Waals surface area contributed by atoms with E-state index >= 15 is 0 Å². The first-order valence-electron chi connectivity index (χ1n) is 15.1. The molecule has 3 unspecified atom stereocenters. The monoisotopic (exact) mass is 598 g/mol. The lowest BCUT2D eigenvalue weighted by atomic mass is 9.34. The third-order valence-electron chi connectivity index (χ3n) is 10.7. The van der Waals surface area contributed by atoms with Crippen LogP contribution in [0.1, 0.15) is 75.9 Å². The van der Waals surface area contributed by atoms with Gasteiger partial charge in [0, 0.05) is 29.6 Å². The highest BCUT2D eigenvalue weighted by molar-refractivity contribution is 6.34. The van der Waals surface area contributed by atoms with Crippen molar-refractivity contribution < 1.29 is 39.0 Å². The van der Waals surface area contributed by atoms with Gasteiger partial charge in [-0.3, -0.25) is 28.8 Å². The van der Waals surface area contributed by atoms with Crippen molar-refractivity contribution in [3.8, 4) is 5.75 Å². The van der Waals surface area contributed by atoms with Crippen LogP contribution in [0, 0.1) is 40.4 Å². The number of phenols is 1. The third-order valence-corrected chi connectivity index (χ3v) is 10.7. The minimum atomic E-state index is -2.93. The molecule has 7 atom stereocenters. The Morgan fingerprint density at radius 1 is 0.955 bits per heavy atom. The molecule has 3 aliphatic carbocycles. The summed E-state index contributed by atoms with van der Waals surface area (Å²) in [6, 6.07) is 13.7. The Balaban J connectivity index is 1.96. The lowest BCUT2D eigenvalue weighted by Gasteiger charge is -2.66. The van der Waals surface area contributed by atoms with Gasteiger partial charge in [0.05, 0.1) is 11.5 Å². The van der Waals surface area contributed by atoms with Crippen LogP contribution in [0.5, 0.6) is 5.75 Å². The molecule has 0 heterocycles.